The van der Waals surface area contributed by atoms with Gasteiger partial charge in [-0.15, -0.1) is 0 Å². The Hall–Kier alpha value is -3.31. The topological polar surface area (TPSA) is 73.1 Å². The molecule has 1 amide bonds. The lowest BCUT2D eigenvalue weighted by atomic mass is 9.83. The summed E-state index contributed by atoms with van der Waals surface area (Å²) in [5.74, 6) is 0.0726. The second-order valence-corrected chi connectivity index (χ2v) is 9.63. The van der Waals surface area contributed by atoms with Gasteiger partial charge in [0.15, 0.2) is 0 Å². The summed E-state index contributed by atoms with van der Waals surface area (Å²) >= 11 is 0. The molecule has 1 aromatic heterocycles. The fraction of sp³-hybridized carbons (Fsp3) is 0.185. The summed E-state index contributed by atoms with van der Waals surface area (Å²) in [5.41, 5.74) is 10.6. The van der Waals surface area contributed by atoms with E-state index in [0.29, 0.717) is 27.6 Å². The van der Waals surface area contributed by atoms with Crippen molar-refractivity contribution in [2.45, 2.75) is 23.7 Å². The maximum absolute atomic E-state index is 13.0. The molecular formula is C27H24N2O2S. The van der Waals surface area contributed by atoms with Crippen molar-refractivity contribution in [2.24, 2.45) is 11.7 Å². The highest BCUT2D eigenvalue weighted by Crippen LogP contribution is 2.49. The highest BCUT2D eigenvalue weighted by Gasteiger charge is 2.36. The summed E-state index contributed by atoms with van der Waals surface area (Å²) in [6.45, 7) is 0. The minimum Gasteiger partial charge on any atom is -0.366 e. The fourth-order valence-corrected chi connectivity index (χ4v) is 5.61. The minimum absolute atomic E-state index is 0.139. The molecule has 1 aliphatic rings. The van der Waals surface area contributed by atoms with Crippen LogP contribution >= 0.6 is 0 Å². The van der Waals surface area contributed by atoms with Crippen molar-refractivity contribution >= 4 is 27.6 Å². The van der Waals surface area contributed by atoms with E-state index in [2.05, 4.69) is 18.2 Å². The van der Waals surface area contributed by atoms with Gasteiger partial charge in [0.25, 0.3) is 5.91 Å². The van der Waals surface area contributed by atoms with Crippen LogP contribution in [0.3, 0.4) is 0 Å². The number of primary amides is 1. The fourth-order valence-electron chi connectivity index (χ4n) is 4.69. The van der Waals surface area contributed by atoms with Crippen LogP contribution in [0.1, 0.15) is 40.2 Å². The third kappa shape index (κ3) is 3.63. The van der Waals surface area contributed by atoms with E-state index in [-0.39, 0.29) is 5.92 Å². The smallest absolute Gasteiger partial charge is 0.250 e. The Morgan fingerprint density at radius 3 is 2.22 bits per heavy atom. The standard InChI is InChI=1S/C27H24N2O2S/c1-32(31)26-24(27(28)30)23-20(22(18-15-16-18)17-9-4-2-5-10-17)13-8-14-21(23)29-25(26)19-11-6-3-7-12-19/h2-14,18,22H,15-16H2,1H3,(H2,28,30)/t22-,32?/m1/s1. The van der Waals surface area contributed by atoms with Gasteiger partial charge in [-0.25, -0.2) is 4.98 Å². The van der Waals surface area contributed by atoms with E-state index in [0.717, 1.165) is 29.4 Å². The lowest BCUT2D eigenvalue weighted by Crippen LogP contribution is -2.18. The molecule has 5 rings (SSSR count). The highest BCUT2D eigenvalue weighted by atomic mass is 32.2. The zero-order valence-electron chi connectivity index (χ0n) is 17.8. The first-order chi connectivity index (χ1) is 15.6. The minimum atomic E-state index is -1.45. The van der Waals surface area contributed by atoms with E-state index in [4.69, 9.17) is 10.7 Å². The molecule has 4 nitrogen and oxygen atoms in total. The number of benzene rings is 3. The van der Waals surface area contributed by atoms with Gasteiger partial charge in [0, 0.05) is 23.1 Å². The van der Waals surface area contributed by atoms with Crippen molar-refractivity contribution < 1.29 is 9.00 Å². The predicted octanol–water partition coefficient (Wildman–Crippen LogP) is 5.28. The number of carbonyl (C=O) groups excluding carboxylic acids is 1. The van der Waals surface area contributed by atoms with Crippen molar-refractivity contribution in [1.29, 1.82) is 0 Å². The number of fused-ring (bicyclic) bond motifs is 1. The van der Waals surface area contributed by atoms with Crippen LogP contribution in [0.2, 0.25) is 0 Å². The summed E-state index contributed by atoms with van der Waals surface area (Å²) < 4.78 is 13.0. The predicted molar refractivity (Wildman–Crippen MR) is 129 cm³/mol. The van der Waals surface area contributed by atoms with Crippen molar-refractivity contribution in [3.05, 3.63) is 95.6 Å². The third-order valence-electron chi connectivity index (χ3n) is 6.17. The molecule has 160 valence electrons. The number of rotatable bonds is 6. The quantitative estimate of drug-likeness (QED) is 0.443. The van der Waals surface area contributed by atoms with Crippen molar-refractivity contribution in [3.63, 3.8) is 0 Å². The monoisotopic (exact) mass is 440 g/mol. The molecule has 2 N–H and O–H groups in total. The Bertz CT molecular complexity index is 1330. The maximum atomic E-state index is 13.0. The third-order valence-corrected chi connectivity index (χ3v) is 7.14. The molecule has 0 aliphatic heterocycles. The SMILES string of the molecule is CS(=O)c1c(-c2ccccc2)nc2cccc([C@H](c3ccccc3)C3CC3)c2c1C(N)=O. The number of hydrogen-bond donors (Lipinski definition) is 1. The summed E-state index contributed by atoms with van der Waals surface area (Å²) in [4.78, 5) is 18.2. The van der Waals surface area contributed by atoms with Gasteiger partial charge in [-0.2, -0.15) is 0 Å². The van der Waals surface area contributed by atoms with Crippen LogP contribution in [-0.4, -0.2) is 21.4 Å². The van der Waals surface area contributed by atoms with E-state index in [1.54, 1.807) is 6.26 Å². The molecule has 5 heteroatoms. The molecule has 32 heavy (non-hydrogen) atoms. The molecule has 2 atom stereocenters. The number of nitrogens with two attached hydrogens (primary N) is 1. The summed E-state index contributed by atoms with van der Waals surface area (Å²) in [7, 11) is -1.45. The molecule has 1 unspecified atom stereocenters. The Morgan fingerprint density at radius 1 is 0.969 bits per heavy atom. The lowest BCUT2D eigenvalue weighted by molar-refractivity contribution is 0.0999. The Balaban J connectivity index is 1.87. The molecule has 0 radical (unpaired) electrons. The van der Waals surface area contributed by atoms with Gasteiger partial charge in [-0.05, 0) is 36.0 Å². The lowest BCUT2D eigenvalue weighted by Gasteiger charge is -2.22. The summed E-state index contributed by atoms with van der Waals surface area (Å²) in [5, 5.41) is 0.727. The first kappa shape index (κ1) is 20.6. The molecule has 1 saturated carbocycles. The number of carbonyl (C=O) groups is 1. The Kier molecular flexibility index (Phi) is 5.35. The van der Waals surface area contributed by atoms with Crippen molar-refractivity contribution in [3.8, 4) is 11.3 Å². The molecule has 1 fully saturated rings. The molecule has 0 spiro atoms. The van der Waals surface area contributed by atoms with Gasteiger partial charge >= 0.3 is 0 Å². The van der Waals surface area contributed by atoms with Gasteiger partial charge in [-0.3, -0.25) is 9.00 Å². The summed E-state index contributed by atoms with van der Waals surface area (Å²) in [6.07, 6.45) is 3.87. The highest BCUT2D eigenvalue weighted by molar-refractivity contribution is 7.84. The molecule has 1 heterocycles. The molecule has 0 saturated heterocycles. The summed E-state index contributed by atoms with van der Waals surface area (Å²) in [6, 6.07) is 25.9. The second kappa shape index (κ2) is 8.32. The molecule has 4 aromatic rings. The number of amides is 1. The van der Waals surface area contributed by atoms with Gasteiger partial charge in [-0.1, -0.05) is 72.8 Å². The molecule has 1 aliphatic carbocycles. The van der Waals surface area contributed by atoms with Gasteiger partial charge < -0.3 is 5.73 Å². The van der Waals surface area contributed by atoms with E-state index < -0.39 is 16.7 Å². The van der Waals surface area contributed by atoms with Gasteiger partial charge in [0.2, 0.25) is 0 Å². The molecule has 3 aromatic carbocycles. The molecular weight excluding hydrogens is 416 g/mol. The van der Waals surface area contributed by atoms with Gasteiger partial charge in [0.1, 0.15) is 0 Å². The Labute approximate surface area is 190 Å². The Morgan fingerprint density at radius 2 is 1.62 bits per heavy atom. The zero-order valence-corrected chi connectivity index (χ0v) is 18.6. The largest absolute Gasteiger partial charge is 0.366 e. The maximum Gasteiger partial charge on any atom is 0.250 e. The van der Waals surface area contributed by atoms with Crippen molar-refractivity contribution in [1.82, 2.24) is 4.98 Å². The second-order valence-electron chi connectivity index (χ2n) is 8.32. The number of aromatic nitrogens is 1. The zero-order chi connectivity index (χ0) is 22.2. The van der Waals surface area contributed by atoms with E-state index in [1.807, 2.05) is 60.7 Å². The van der Waals surface area contributed by atoms with Gasteiger partial charge in [0.05, 0.1) is 32.5 Å². The van der Waals surface area contributed by atoms with Crippen LogP contribution in [-0.2, 0) is 10.8 Å². The average molecular weight is 441 g/mol. The molecule has 0 bridgehead atoms. The average Bonchev–Trinajstić information content (AvgIpc) is 3.64. The van der Waals surface area contributed by atoms with E-state index in [1.165, 1.54) is 5.56 Å². The number of nitrogens with zero attached hydrogens (tertiary/aromatic N) is 1. The first-order valence-electron chi connectivity index (χ1n) is 10.8. The van der Waals surface area contributed by atoms with Crippen LogP contribution in [0.5, 0.6) is 0 Å². The number of hydrogen-bond acceptors (Lipinski definition) is 3. The van der Waals surface area contributed by atoms with E-state index >= 15 is 0 Å². The number of pyridine rings is 1. The van der Waals surface area contributed by atoms with Crippen LogP contribution in [0.4, 0.5) is 0 Å². The van der Waals surface area contributed by atoms with Crippen molar-refractivity contribution in [2.75, 3.05) is 6.26 Å². The van der Waals surface area contributed by atoms with Crippen LogP contribution in [0, 0.1) is 5.92 Å². The first-order valence-corrected chi connectivity index (χ1v) is 12.3. The van der Waals surface area contributed by atoms with E-state index in [9.17, 15) is 9.00 Å². The van der Waals surface area contributed by atoms with Crippen LogP contribution in [0.15, 0.2) is 83.8 Å². The van der Waals surface area contributed by atoms with Crippen LogP contribution < -0.4 is 5.73 Å². The van der Waals surface area contributed by atoms with Crippen LogP contribution in [0.25, 0.3) is 22.2 Å². The normalized spacial score (nSPS) is 15.4.